The maximum atomic E-state index is 11.9. The Labute approximate surface area is 112 Å². The van der Waals surface area contributed by atoms with Gasteiger partial charge in [0.05, 0.1) is 16.8 Å². The highest BCUT2D eigenvalue weighted by molar-refractivity contribution is 5.31. The average molecular weight is 257 g/mol. The van der Waals surface area contributed by atoms with Gasteiger partial charge in [0.25, 0.3) is 5.56 Å². The molecule has 1 N–H and O–H groups in total. The van der Waals surface area contributed by atoms with E-state index >= 15 is 0 Å². The Hall–Kier alpha value is -1.81. The molecule has 100 valence electrons. The van der Waals surface area contributed by atoms with Crippen LogP contribution in [0.4, 0.5) is 0 Å². The molecule has 0 fully saturated rings. The van der Waals surface area contributed by atoms with Crippen molar-refractivity contribution in [2.24, 2.45) is 7.05 Å². The lowest BCUT2D eigenvalue weighted by Gasteiger charge is -2.32. The summed E-state index contributed by atoms with van der Waals surface area (Å²) in [7, 11) is 1.91. The number of hydrogen-bond donors (Lipinski definition) is 1. The Balaban J connectivity index is 1.95. The normalized spacial score (nSPS) is 17.6. The summed E-state index contributed by atoms with van der Waals surface area (Å²) in [5.74, 6) is 0. The predicted molar refractivity (Wildman–Crippen MR) is 74.7 cm³/mol. The molecule has 4 nitrogen and oxygen atoms in total. The molecule has 19 heavy (non-hydrogen) atoms. The number of aryl methyl sites for hydroxylation is 1. The summed E-state index contributed by atoms with van der Waals surface area (Å²) in [6.45, 7) is 5.93. The van der Waals surface area contributed by atoms with Crippen LogP contribution < -0.4 is 5.56 Å². The van der Waals surface area contributed by atoms with Crippen molar-refractivity contribution < 1.29 is 0 Å². The Morgan fingerprint density at radius 2 is 1.95 bits per heavy atom. The van der Waals surface area contributed by atoms with Crippen LogP contribution in [0.1, 0.15) is 30.7 Å². The van der Waals surface area contributed by atoms with Crippen molar-refractivity contribution >= 4 is 0 Å². The van der Waals surface area contributed by atoms with Gasteiger partial charge in [0.1, 0.15) is 0 Å². The summed E-state index contributed by atoms with van der Waals surface area (Å²) >= 11 is 0. The molecule has 0 unspecified atom stereocenters. The highest BCUT2D eigenvalue weighted by Crippen LogP contribution is 2.37. The van der Waals surface area contributed by atoms with Gasteiger partial charge in [-0.2, -0.15) is 0 Å². The van der Waals surface area contributed by atoms with Crippen molar-refractivity contribution in [3.8, 4) is 0 Å². The molecule has 1 aliphatic heterocycles. The van der Waals surface area contributed by atoms with E-state index < -0.39 is 0 Å². The third-order valence-electron chi connectivity index (χ3n) is 4.10. The third-order valence-corrected chi connectivity index (χ3v) is 4.10. The van der Waals surface area contributed by atoms with Crippen LogP contribution in [0.2, 0.25) is 0 Å². The van der Waals surface area contributed by atoms with E-state index in [9.17, 15) is 4.79 Å². The maximum absolute atomic E-state index is 11.9. The smallest absolute Gasteiger partial charge is 0.268 e. The van der Waals surface area contributed by atoms with Crippen LogP contribution in [0.5, 0.6) is 0 Å². The SMILES string of the molecule is Cn1[nH]c(=O)c2c1C(C)(C)N(Cc1ccccc1)C2. The molecule has 0 aliphatic carbocycles. The fourth-order valence-electron chi connectivity index (χ4n) is 3.11. The van der Waals surface area contributed by atoms with E-state index in [-0.39, 0.29) is 11.1 Å². The Kier molecular flexibility index (Phi) is 2.64. The van der Waals surface area contributed by atoms with Crippen LogP contribution in [0.15, 0.2) is 35.1 Å². The van der Waals surface area contributed by atoms with Crippen molar-refractivity contribution in [3.63, 3.8) is 0 Å². The van der Waals surface area contributed by atoms with E-state index in [1.54, 1.807) is 0 Å². The van der Waals surface area contributed by atoms with E-state index in [0.717, 1.165) is 17.8 Å². The molecular weight excluding hydrogens is 238 g/mol. The van der Waals surface area contributed by atoms with Crippen LogP contribution in [0, 0.1) is 0 Å². The molecule has 2 heterocycles. The minimum atomic E-state index is -0.126. The molecule has 0 saturated heterocycles. The summed E-state index contributed by atoms with van der Waals surface area (Å²) in [5.41, 5.74) is 3.21. The molecule has 0 saturated carbocycles. The topological polar surface area (TPSA) is 41.0 Å². The number of hydrogen-bond acceptors (Lipinski definition) is 2. The second-order valence-electron chi connectivity index (χ2n) is 5.73. The highest BCUT2D eigenvalue weighted by Gasteiger charge is 2.41. The first kappa shape index (κ1) is 12.2. The van der Waals surface area contributed by atoms with E-state index in [1.165, 1.54) is 5.56 Å². The van der Waals surface area contributed by atoms with Crippen molar-refractivity contribution in [1.29, 1.82) is 0 Å². The minimum Gasteiger partial charge on any atom is -0.290 e. The number of aromatic nitrogens is 2. The largest absolute Gasteiger partial charge is 0.290 e. The Morgan fingerprint density at radius 1 is 1.26 bits per heavy atom. The van der Waals surface area contributed by atoms with Gasteiger partial charge in [0, 0.05) is 20.1 Å². The molecule has 1 aromatic carbocycles. The van der Waals surface area contributed by atoms with Crippen LogP contribution in [0.25, 0.3) is 0 Å². The quantitative estimate of drug-likeness (QED) is 0.893. The van der Waals surface area contributed by atoms with Crippen molar-refractivity contribution in [1.82, 2.24) is 14.7 Å². The van der Waals surface area contributed by atoms with Gasteiger partial charge in [-0.05, 0) is 19.4 Å². The lowest BCUT2D eigenvalue weighted by Crippen LogP contribution is -2.36. The predicted octanol–water partition coefficient (Wildman–Crippen LogP) is 1.96. The van der Waals surface area contributed by atoms with Gasteiger partial charge in [-0.25, -0.2) is 0 Å². The van der Waals surface area contributed by atoms with Crippen molar-refractivity contribution in [3.05, 3.63) is 57.5 Å². The van der Waals surface area contributed by atoms with Crippen LogP contribution in [-0.2, 0) is 25.7 Å². The van der Waals surface area contributed by atoms with Crippen LogP contribution in [0.3, 0.4) is 0 Å². The summed E-state index contributed by atoms with van der Waals surface area (Å²) in [6.07, 6.45) is 0. The van der Waals surface area contributed by atoms with Crippen LogP contribution in [-0.4, -0.2) is 14.7 Å². The molecule has 0 bridgehead atoms. The van der Waals surface area contributed by atoms with E-state index in [4.69, 9.17) is 0 Å². The zero-order valence-electron chi connectivity index (χ0n) is 11.6. The highest BCUT2D eigenvalue weighted by atomic mass is 16.1. The van der Waals surface area contributed by atoms with Crippen molar-refractivity contribution in [2.45, 2.75) is 32.5 Å². The van der Waals surface area contributed by atoms with Gasteiger partial charge in [0.15, 0.2) is 0 Å². The number of fused-ring (bicyclic) bond motifs is 1. The minimum absolute atomic E-state index is 0.0427. The zero-order chi connectivity index (χ0) is 13.6. The van der Waals surface area contributed by atoms with Gasteiger partial charge in [-0.1, -0.05) is 30.3 Å². The van der Waals surface area contributed by atoms with Gasteiger partial charge in [-0.15, -0.1) is 0 Å². The fourth-order valence-corrected chi connectivity index (χ4v) is 3.11. The van der Waals surface area contributed by atoms with Gasteiger partial charge in [-0.3, -0.25) is 19.5 Å². The molecule has 4 heteroatoms. The molecule has 3 rings (SSSR count). The number of H-pyrrole nitrogens is 1. The second-order valence-corrected chi connectivity index (χ2v) is 5.73. The summed E-state index contributed by atoms with van der Waals surface area (Å²) in [4.78, 5) is 14.3. The van der Waals surface area contributed by atoms with E-state index in [1.807, 2.05) is 17.8 Å². The lowest BCUT2D eigenvalue weighted by atomic mass is 10.00. The first-order chi connectivity index (χ1) is 9.00. The lowest BCUT2D eigenvalue weighted by molar-refractivity contribution is 0.120. The molecule has 1 aliphatic rings. The monoisotopic (exact) mass is 257 g/mol. The first-order valence-corrected chi connectivity index (χ1v) is 6.57. The van der Waals surface area contributed by atoms with Gasteiger partial charge >= 0.3 is 0 Å². The summed E-state index contributed by atoms with van der Waals surface area (Å²) in [6, 6.07) is 10.4. The molecule has 2 aromatic rings. The van der Waals surface area contributed by atoms with E-state index in [0.29, 0.717) is 6.54 Å². The van der Waals surface area contributed by atoms with Gasteiger partial charge in [0.2, 0.25) is 0 Å². The molecule has 0 radical (unpaired) electrons. The van der Waals surface area contributed by atoms with Crippen LogP contribution >= 0.6 is 0 Å². The Bertz CT molecular complexity index is 652. The second kappa shape index (κ2) is 4.10. The zero-order valence-corrected chi connectivity index (χ0v) is 11.6. The first-order valence-electron chi connectivity index (χ1n) is 6.57. The standard InChI is InChI=1S/C15H19N3O/c1-15(2)13-12(14(19)16-17(13)3)10-18(15)9-11-7-5-4-6-8-11/h4-8H,9-10H2,1-3H3,(H,16,19). The summed E-state index contributed by atoms with van der Waals surface area (Å²) in [5, 5.41) is 2.85. The number of benzene rings is 1. The molecular formula is C15H19N3O. The number of rotatable bonds is 2. The number of aromatic amines is 1. The number of nitrogens with one attached hydrogen (secondary N) is 1. The van der Waals surface area contributed by atoms with Crippen molar-refractivity contribution in [2.75, 3.05) is 0 Å². The maximum Gasteiger partial charge on any atom is 0.268 e. The molecule has 1 aromatic heterocycles. The molecule has 0 amide bonds. The van der Waals surface area contributed by atoms with Gasteiger partial charge < -0.3 is 0 Å². The fraction of sp³-hybridized carbons (Fsp3) is 0.400. The average Bonchev–Trinajstić information content (AvgIpc) is 2.78. The third kappa shape index (κ3) is 1.83. The molecule has 0 atom stereocenters. The number of nitrogens with zero attached hydrogens (tertiary/aromatic N) is 2. The van der Waals surface area contributed by atoms with E-state index in [2.05, 4.69) is 48.1 Å². The Morgan fingerprint density at radius 3 is 2.58 bits per heavy atom. The molecule has 0 spiro atoms. The summed E-state index contributed by atoms with van der Waals surface area (Å²) < 4.78 is 1.86.